The van der Waals surface area contributed by atoms with Gasteiger partial charge in [-0.1, -0.05) is 0 Å². The van der Waals surface area contributed by atoms with E-state index < -0.39 is 0 Å². The van der Waals surface area contributed by atoms with E-state index in [1.54, 1.807) is 0 Å². The van der Waals surface area contributed by atoms with Crippen LogP contribution in [0.3, 0.4) is 0 Å². The van der Waals surface area contributed by atoms with Gasteiger partial charge in [0, 0.05) is 26.2 Å². The van der Waals surface area contributed by atoms with E-state index in [-0.39, 0.29) is 23.8 Å². The van der Waals surface area contributed by atoms with Crippen LogP contribution in [0.1, 0.15) is 25.7 Å². The van der Waals surface area contributed by atoms with Gasteiger partial charge < -0.3 is 19.9 Å². The number of hydrogen-bond donors (Lipinski definition) is 1. The molecule has 6 heteroatoms. The fourth-order valence-corrected chi connectivity index (χ4v) is 3.54. The molecular formula is C15H25N3O3. The van der Waals surface area contributed by atoms with E-state index in [9.17, 15) is 9.59 Å². The summed E-state index contributed by atoms with van der Waals surface area (Å²) in [5.74, 6) is 0.365. The third-order valence-corrected chi connectivity index (χ3v) is 4.76. The first-order valence-corrected chi connectivity index (χ1v) is 8.14. The molecule has 3 fully saturated rings. The summed E-state index contributed by atoms with van der Waals surface area (Å²) in [6.45, 7) is 4.96. The van der Waals surface area contributed by atoms with Crippen LogP contribution in [0.15, 0.2) is 0 Å². The van der Waals surface area contributed by atoms with Gasteiger partial charge in [0.25, 0.3) is 0 Å². The molecule has 2 amide bonds. The molecule has 118 valence electrons. The fraction of sp³-hybridized carbons (Fsp3) is 0.867. The molecule has 0 radical (unpaired) electrons. The van der Waals surface area contributed by atoms with Crippen molar-refractivity contribution in [2.45, 2.75) is 31.7 Å². The van der Waals surface area contributed by atoms with Crippen LogP contribution in [0.25, 0.3) is 0 Å². The summed E-state index contributed by atoms with van der Waals surface area (Å²) in [6.07, 6.45) is 3.83. The van der Waals surface area contributed by atoms with Crippen LogP contribution in [0, 0.1) is 5.92 Å². The Balaban J connectivity index is 1.57. The van der Waals surface area contributed by atoms with E-state index in [1.165, 1.54) is 0 Å². The topological polar surface area (TPSA) is 61.9 Å². The van der Waals surface area contributed by atoms with E-state index in [4.69, 9.17) is 4.74 Å². The van der Waals surface area contributed by atoms with Crippen LogP contribution in [-0.4, -0.2) is 73.6 Å². The number of nitrogens with zero attached hydrogens (tertiary/aromatic N) is 2. The summed E-state index contributed by atoms with van der Waals surface area (Å²) in [6, 6.07) is -0.0257. The normalized spacial score (nSPS) is 30.5. The molecule has 0 aliphatic carbocycles. The Labute approximate surface area is 125 Å². The number of ether oxygens (including phenoxy) is 1. The summed E-state index contributed by atoms with van der Waals surface area (Å²) >= 11 is 0. The van der Waals surface area contributed by atoms with E-state index in [0.29, 0.717) is 32.8 Å². The van der Waals surface area contributed by atoms with Crippen molar-refractivity contribution < 1.29 is 14.3 Å². The van der Waals surface area contributed by atoms with Gasteiger partial charge in [-0.2, -0.15) is 0 Å². The minimum atomic E-state index is -0.0257. The lowest BCUT2D eigenvalue weighted by molar-refractivity contribution is -0.144. The zero-order chi connectivity index (χ0) is 14.7. The summed E-state index contributed by atoms with van der Waals surface area (Å²) in [5, 5.41) is 3.26. The average Bonchev–Trinajstić information content (AvgIpc) is 3.09. The maximum absolute atomic E-state index is 12.6. The minimum Gasteiger partial charge on any atom is -0.378 e. The highest BCUT2D eigenvalue weighted by molar-refractivity contribution is 5.84. The second kappa shape index (κ2) is 6.75. The highest BCUT2D eigenvalue weighted by atomic mass is 16.5. The van der Waals surface area contributed by atoms with Crippen LogP contribution in [-0.2, 0) is 14.3 Å². The zero-order valence-electron chi connectivity index (χ0n) is 12.6. The second-order valence-electron chi connectivity index (χ2n) is 6.21. The molecule has 3 aliphatic rings. The summed E-state index contributed by atoms with van der Waals surface area (Å²) in [7, 11) is 0. The molecule has 0 aromatic rings. The van der Waals surface area contributed by atoms with Crippen molar-refractivity contribution >= 4 is 11.8 Å². The summed E-state index contributed by atoms with van der Waals surface area (Å²) < 4.78 is 5.30. The number of nitrogens with one attached hydrogen (secondary N) is 1. The van der Waals surface area contributed by atoms with Gasteiger partial charge in [-0.15, -0.1) is 0 Å². The Kier molecular flexibility index (Phi) is 4.75. The molecular weight excluding hydrogens is 270 g/mol. The zero-order valence-corrected chi connectivity index (χ0v) is 12.6. The molecule has 1 N–H and O–H groups in total. The van der Waals surface area contributed by atoms with Crippen LogP contribution in [0.5, 0.6) is 0 Å². The maximum Gasteiger partial charge on any atom is 0.239 e. The van der Waals surface area contributed by atoms with Gasteiger partial charge in [0.05, 0.1) is 25.2 Å². The fourth-order valence-electron chi connectivity index (χ4n) is 3.54. The van der Waals surface area contributed by atoms with Gasteiger partial charge >= 0.3 is 0 Å². The molecule has 2 atom stereocenters. The SMILES string of the molecule is O=C(C1CCCN(C(=O)C2CCCN2)C1)N1CCOCC1. The molecule has 2 unspecified atom stereocenters. The van der Waals surface area contributed by atoms with Crippen LogP contribution >= 0.6 is 0 Å². The van der Waals surface area contributed by atoms with Crippen molar-refractivity contribution in [3.05, 3.63) is 0 Å². The number of piperidine rings is 1. The Morgan fingerprint density at radius 2 is 1.76 bits per heavy atom. The number of carbonyl (C=O) groups is 2. The molecule has 0 bridgehead atoms. The van der Waals surface area contributed by atoms with Crippen molar-refractivity contribution in [1.29, 1.82) is 0 Å². The van der Waals surface area contributed by atoms with Crippen molar-refractivity contribution in [3.63, 3.8) is 0 Å². The maximum atomic E-state index is 12.6. The average molecular weight is 295 g/mol. The number of likely N-dealkylation sites (tertiary alicyclic amines) is 1. The first-order chi connectivity index (χ1) is 10.3. The highest BCUT2D eigenvalue weighted by Crippen LogP contribution is 2.21. The molecule has 0 aromatic carbocycles. The predicted molar refractivity (Wildman–Crippen MR) is 77.7 cm³/mol. The molecule has 3 aliphatic heterocycles. The molecule has 3 rings (SSSR count). The number of morpholine rings is 1. The Bertz CT molecular complexity index is 390. The molecule has 6 nitrogen and oxygen atoms in total. The van der Waals surface area contributed by atoms with Gasteiger partial charge in [0.1, 0.15) is 0 Å². The lowest BCUT2D eigenvalue weighted by Crippen LogP contribution is -2.52. The highest BCUT2D eigenvalue weighted by Gasteiger charge is 2.34. The Hall–Kier alpha value is -1.14. The molecule has 0 saturated carbocycles. The smallest absolute Gasteiger partial charge is 0.239 e. The Morgan fingerprint density at radius 3 is 2.48 bits per heavy atom. The van der Waals surface area contributed by atoms with Crippen molar-refractivity contribution in [2.24, 2.45) is 5.92 Å². The monoisotopic (exact) mass is 295 g/mol. The third-order valence-electron chi connectivity index (χ3n) is 4.76. The lowest BCUT2D eigenvalue weighted by Gasteiger charge is -2.37. The van der Waals surface area contributed by atoms with Crippen molar-refractivity contribution in [1.82, 2.24) is 15.1 Å². The third kappa shape index (κ3) is 3.37. The Morgan fingerprint density at radius 1 is 0.952 bits per heavy atom. The largest absolute Gasteiger partial charge is 0.378 e. The van der Waals surface area contributed by atoms with Crippen molar-refractivity contribution in [3.8, 4) is 0 Å². The molecule has 0 aromatic heterocycles. The predicted octanol–water partition coefficient (Wildman–Crippen LogP) is -0.164. The standard InChI is InChI=1S/C15H25N3O3/c19-14(17-7-9-21-10-8-17)12-3-2-6-18(11-12)15(20)13-4-1-5-16-13/h12-13,16H,1-11H2. The first kappa shape index (κ1) is 14.8. The summed E-state index contributed by atoms with van der Waals surface area (Å²) in [5.41, 5.74) is 0. The molecule has 21 heavy (non-hydrogen) atoms. The number of rotatable bonds is 2. The lowest BCUT2D eigenvalue weighted by atomic mass is 9.95. The van der Waals surface area contributed by atoms with E-state index >= 15 is 0 Å². The van der Waals surface area contributed by atoms with Gasteiger partial charge in [0.15, 0.2) is 0 Å². The molecule has 0 spiro atoms. The van der Waals surface area contributed by atoms with E-state index in [2.05, 4.69) is 5.32 Å². The van der Waals surface area contributed by atoms with E-state index in [0.717, 1.165) is 38.8 Å². The van der Waals surface area contributed by atoms with Crippen molar-refractivity contribution in [2.75, 3.05) is 45.9 Å². The molecule has 3 saturated heterocycles. The van der Waals surface area contributed by atoms with Crippen LogP contribution in [0.2, 0.25) is 0 Å². The quantitative estimate of drug-likeness (QED) is 0.769. The van der Waals surface area contributed by atoms with Gasteiger partial charge in [0.2, 0.25) is 11.8 Å². The van der Waals surface area contributed by atoms with Crippen LogP contribution in [0.4, 0.5) is 0 Å². The number of carbonyl (C=O) groups excluding carboxylic acids is 2. The van der Waals surface area contributed by atoms with E-state index in [1.807, 2.05) is 9.80 Å². The summed E-state index contributed by atoms with van der Waals surface area (Å²) in [4.78, 5) is 28.8. The van der Waals surface area contributed by atoms with Gasteiger partial charge in [-0.05, 0) is 32.2 Å². The number of amides is 2. The first-order valence-electron chi connectivity index (χ1n) is 8.14. The van der Waals surface area contributed by atoms with Gasteiger partial charge in [-0.3, -0.25) is 9.59 Å². The van der Waals surface area contributed by atoms with Gasteiger partial charge in [-0.25, -0.2) is 0 Å². The molecule has 3 heterocycles. The second-order valence-corrected chi connectivity index (χ2v) is 6.21. The van der Waals surface area contributed by atoms with Crippen LogP contribution < -0.4 is 5.32 Å². The number of hydrogen-bond acceptors (Lipinski definition) is 4. The minimum absolute atomic E-state index is 0.0257.